The van der Waals surface area contributed by atoms with Gasteiger partial charge in [0.1, 0.15) is 0 Å². The molecule has 0 aliphatic carbocycles. The van der Waals surface area contributed by atoms with Crippen LogP contribution in [0, 0.1) is 5.41 Å². The van der Waals surface area contributed by atoms with Crippen LogP contribution in [0.15, 0.2) is 30.3 Å². The van der Waals surface area contributed by atoms with Crippen molar-refractivity contribution in [1.82, 2.24) is 4.90 Å². The Morgan fingerprint density at radius 2 is 1.95 bits per heavy atom. The molecule has 1 saturated heterocycles. The maximum absolute atomic E-state index is 11.5. The number of ether oxygens (including phenoxy) is 1. The zero-order valence-electron chi connectivity index (χ0n) is 12.9. The van der Waals surface area contributed by atoms with E-state index in [4.69, 9.17) is 4.74 Å². The van der Waals surface area contributed by atoms with E-state index in [0.717, 1.165) is 13.1 Å². The lowest BCUT2D eigenvalue weighted by Gasteiger charge is -2.41. The molecule has 4 heteroatoms. The summed E-state index contributed by atoms with van der Waals surface area (Å²) in [6.07, 6.45) is 2.13. The van der Waals surface area contributed by atoms with Crippen LogP contribution in [0.4, 0.5) is 0 Å². The molecule has 0 spiro atoms. The molecule has 2 rings (SSSR count). The Bertz CT molecular complexity index is 452. The number of methoxy groups -OCH3 is 1. The number of likely N-dealkylation sites (tertiary alicyclic amines) is 1. The quantitative estimate of drug-likeness (QED) is 0.875. The predicted molar refractivity (Wildman–Crippen MR) is 82.2 cm³/mol. The number of hydrogen-bond acceptors (Lipinski definition) is 3. The van der Waals surface area contributed by atoms with Gasteiger partial charge in [-0.25, -0.2) is 0 Å². The molecule has 4 nitrogen and oxygen atoms in total. The molecule has 1 heterocycles. The molecule has 1 fully saturated rings. The van der Waals surface area contributed by atoms with Crippen LogP contribution in [0.3, 0.4) is 0 Å². The highest BCUT2D eigenvalue weighted by Gasteiger charge is 2.41. The Balaban J connectivity index is 2.09. The second kappa shape index (κ2) is 7.05. The van der Waals surface area contributed by atoms with Gasteiger partial charge in [-0.05, 0) is 37.9 Å². The summed E-state index contributed by atoms with van der Waals surface area (Å²) in [5, 5.41) is 9.49. The van der Waals surface area contributed by atoms with Crippen molar-refractivity contribution in [1.29, 1.82) is 0 Å². The minimum atomic E-state index is -0.646. The molecule has 21 heavy (non-hydrogen) atoms. The van der Waals surface area contributed by atoms with Gasteiger partial charge >= 0.3 is 5.97 Å². The van der Waals surface area contributed by atoms with Crippen LogP contribution in [-0.2, 0) is 9.53 Å². The number of carbonyl (C=O) groups is 1. The topological polar surface area (TPSA) is 49.8 Å². The third-order valence-corrected chi connectivity index (χ3v) is 4.84. The first-order valence-electron chi connectivity index (χ1n) is 7.64. The summed E-state index contributed by atoms with van der Waals surface area (Å²) >= 11 is 0. The Morgan fingerprint density at radius 1 is 1.33 bits per heavy atom. The average molecular weight is 291 g/mol. The van der Waals surface area contributed by atoms with E-state index >= 15 is 0 Å². The monoisotopic (exact) mass is 291 g/mol. The second-order valence-electron chi connectivity index (χ2n) is 5.86. The molecule has 1 atom stereocenters. The Labute approximate surface area is 126 Å². The van der Waals surface area contributed by atoms with Gasteiger partial charge in [-0.1, -0.05) is 37.3 Å². The fraction of sp³-hybridized carbons (Fsp3) is 0.588. The van der Waals surface area contributed by atoms with Crippen molar-refractivity contribution < 1.29 is 14.6 Å². The first-order chi connectivity index (χ1) is 10.1. The molecule has 0 aromatic heterocycles. The summed E-state index contributed by atoms with van der Waals surface area (Å²) in [4.78, 5) is 13.9. The highest BCUT2D eigenvalue weighted by Crippen LogP contribution is 2.37. The van der Waals surface area contributed by atoms with Crippen molar-refractivity contribution in [3.63, 3.8) is 0 Å². The van der Waals surface area contributed by atoms with Crippen LogP contribution < -0.4 is 0 Å². The van der Waals surface area contributed by atoms with Gasteiger partial charge < -0.3 is 9.84 Å². The number of benzene rings is 1. The van der Waals surface area contributed by atoms with Gasteiger partial charge in [0.15, 0.2) is 0 Å². The molecule has 1 aromatic carbocycles. The smallest absolute Gasteiger partial charge is 0.309 e. The molecule has 1 unspecified atom stereocenters. The summed E-state index contributed by atoms with van der Waals surface area (Å²) < 4.78 is 5.38. The normalized spacial score (nSPS) is 20.1. The van der Waals surface area contributed by atoms with Crippen LogP contribution >= 0.6 is 0 Å². The van der Waals surface area contributed by atoms with Crippen LogP contribution in [0.5, 0.6) is 0 Å². The first-order valence-corrected chi connectivity index (χ1v) is 7.64. The predicted octanol–water partition coefficient (Wildman–Crippen LogP) is 2.95. The number of carboxylic acids is 1. The minimum Gasteiger partial charge on any atom is -0.481 e. The van der Waals surface area contributed by atoms with E-state index in [1.54, 1.807) is 7.11 Å². The van der Waals surface area contributed by atoms with Crippen LogP contribution in [-0.4, -0.2) is 42.8 Å². The van der Waals surface area contributed by atoms with E-state index < -0.39 is 11.4 Å². The summed E-state index contributed by atoms with van der Waals surface area (Å²) in [6, 6.07) is 10.5. The molecule has 116 valence electrons. The number of nitrogens with zero attached hydrogens (tertiary/aromatic N) is 1. The van der Waals surface area contributed by atoms with Crippen molar-refractivity contribution in [2.75, 3.05) is 26.8 Å². The van der Waals surface area contributed by atoms with Gasteiger partial charge in [-0.15, -0.1) is 0 Å². The van der Waals surface area contributed by atoms with E-state index in [-0.39, 0.29) is 6.04 Å². The summed E-state index contributed by atoms with van der Waals surface area (Å²) in [5.74, 6) is -0.646. The molecule has 0 amide bonds. The lowest BCUT2D eigenvalue weighted by atomic mass is 9.76. The van der Waals surface area contributed by atoms with E-state index in [1.165, 1.54) is 5.56 Å². The molecular formula is C17H25NO3. The number of hydrogen-bond donors (Lipinski definition) is 1. The highest BCUT2D eigenvalue weighted by atomic mass is 16.5. The average Bonchev–Trinajstić information content (AvgIpc) is 2.53. The SMILES string of the molecule is CCC1(C(=O)O)CCN(C(COC)c2ccccc2)CC1. The van der Waals surface area contributed by atoms with Crippen molar-refractivity contribution in [2.24, 2.45) is 5.41 Å². The van der Waals surface area contributed by atoms with Gasteiger partial charge in [0.25, 0.3) is 0 Å². The molecule has 1 aliphatic rings. The third-order valence-electron chi connectivity index (χ3n) is 4.84. The van der Waals surface area contributed by atoms with Gasteiger partial charge in [-0.3, -0.25) is 9.69 Å². The lowest BCUT2D eigenvalue weighted by Crippen LogP contribution is -2.46. The lowest BCUT2D eigenvalue weighted by molar-refractivity contribution is -0.153. The van der Waals surface area contributed by atoms with Crippen molar-refractivity contribution in [2.45, 2.75) is 32.2 Å². The molecular weight excluding hydrogens is 266 g/mol. The third kappa shape index (κ3) is 3.44. The minimum absolute atomic E-state index is 0.208. The van der Waals surface area contributed by atoms with E-state index in [1.807, 2.05) is 25.1 Å². The molecule has 0 saturated carbocycles. The second-order valence-corrected chi connectivity index (χ2v) is 5.86. The van der Waals surface area contributed by atoms with E-state index in [9.17, 15) is 9.90 Å². The fourth-order valence-electron chi connectivity index (χ4n) is 3.23. The maximum Gasteiger partial charge on any atom is 0.309 e. The standard InChI is InChI=1S/C17H25NO3/c1-3-17(16(19)20)9-11-18(12-10-17)15(13-21-2)14-7-5-4-6-8-14/h4-8,15H,3,9-13H2,1-2H3,(H,19,20). The fourth-order valence-corrected chi connectivity index (χ4v) is 3.23. The summed E-state index contributed by atoms with van der Waals surface area (Å²) in [6.45, 7) is 4.23. The highest BCUT2D eigenvalue weighted by molar-refractivity contribution is 5.74. The van der Waals surface area contributed by atoms with Crippen molar-refractivity contribution in [3.05, 3.63) is 35.9 Å². The number of rotatable bonds is 6. The zero-order chi connectivity index (χ0) is 15.3. The molecule has 0 bridgehead atoms. The van der Waals surface area contributed by atoms with Crippen LogP contribution in [0.2, 0.25) is 0 Å². The van der Waals surface area contributed by atoms with Gasteiger partial charge in [-0.2, -0.15) is 0 Å². The Kier molecular flexibility index (Phi) is 5.37. The van der Waals surface area contributed by atoms with Crippen LogP contribution in [0.25, 0.3) is 0 Å². The number of piperidine rings is 1. The number of aliphatic carboxylic acids is 1. The molecule has 0 radical (unpaired) electrons. The summed E-state index contributed by atoms with van der Waals surface area (Å²) in [5.41, 5.74) is 0.698. The Hall–Kier alpha value is -1.39. The molecule has 1 N–H and O–H groups in total. The van der Waals surface area contributed by atoms with Gasteiger partial charge in [0, 0.05) is 7.11 Å². The molecule has 1 aromatic rings. The summed E-state index contributed by atoms with van der Waals surface area (Å²) in [7, 11) is 1.72. The van der Waals surface area contributed by atoms with Gasteiger partial charge in [0.05, 0.1) is 18.1 Å². The van der Waals surface area contributed by atoms with E-state index in [0.29, 0.717) is 25.9 Å². The van der Waals surface area contributed by atoms with Crippen molar-refractivity contribution in [3.8, 4) is 0 Å². The maximum atomic E-state index is 11.5. The zero-order valence-corrected chi connectivity index (χ0v) is 12.9. The van der Waals surface area contributed by atoms with E-state index in [2.05, 4.69) is 17.0 Å². The van der Waals surface area contributed by atoms with Crippen molar-refractivity contribution >= 4 is 5.97 Å². The van der Waals surface area contributed by atoms with Gasteiger partial charge in [0.2, 0.25) is 0 Å². The number of carboxylic acid groups (broad SMARTS) is 1. The Morgan fingerprint density at radius 3 is 2.43 bits per heavy atom. The largest absolute Gasteiger partial charge is 0.481 e. The molecule has 1 aliphatic heterocycles. The van der Waals surface area contributed by atoms with Crippen LogP contribution in [0.1, 0.15) is 37.8 Å². The first kappa shape index (κ1) is 16.0.